The number of nitrogen functional groups attached to an aromatic ring is 1. The molecule has 0 unspecified atom stereocenters. The van der Waals surface area contributed by atoms with Crippen LogP contribution in [-0.2, 0) is 7.05 Å². The van der Waals surface area contributed by atoms with Gasteiger partial charge in [0, 0.05) is 13.6 Å². The first-order valence-corrected chi connectivity index (χ1v) is 7.20. The van der Waals surface area contributed by atoms with Gasteiger partial charge in [0.15, 0.2) is 0 Å². The average Bonchev–Trinajstić information content (AvgIpc) is 3.20. The summed E-state index contributed by atoms with van der Waals surface area (Å²) in [5, 5.41) is 7.15. The van der Waals surface area contributed by atoms with Crippen LogP contribution >= 0.6 is 0 Å². The molecule has 0 spiro atoms. The molecule has 1 aliphatic rings. The van der Waals surface area contributed by atoms with Gasteiger partial charge in [-0.15, -0.1) is 0 Å². The molecule has 1 aromatic heterocycles. The number of benzene rings is 1. The number of rotatable bonds is 4. The zero-order valence-corrected chi connectivity index (χ0v) is 12.3. The Bertz CT molecular complexity index is 662. The van der Waals surface area contributed by atoms with Crippen molar-refractivity contribution in [1.29, 1.82) is 0 Å². The third-order valence-corrected chi connectivity index (χ3v) is 4.17. The lowest BCUT2D eigenvalue weighted by Crippen LogP contribution is -2.27. The quantitative estimate of drug-likeness (QED) is 0.900. The van der Waals surface area contributed by atoms with Crippen molar-refractivity contribution in [3.05, 3.63) is 47.2 Å². The van der Waals surface area contributed by atoms with E-state index in [1.165, 1.54) is 10.2 Å². The Morgan fingerprint density at radius 3 is 2.76 bits per heavy atom. The summed E-state index contributed by atoms with van der Waals surface area (Å²) in [5.74, 6) is 1.38. The molecule has 3 N–H and O–H groups in total. The van der Waals surface area contributed by atoms with Crippen LogP contribution < -0.4 is 11.1 Å². The number of anilines is 1. The van der Waals surface area contributed by atoms with E-state index in [1.807, 2.05) is 6.07 Å². The van der Waals surface area contributed by atoms with E-state index in [4.69, 9.17) is 5.73 Å². The third-order valence-electron chi connectivity index (χ3n) is 4.17. The summed E-state index contributed by atoms with van der Waals surface area (Å²) in [6, 6.07) is 10.4. The molecule has 0 aliphatic heterocycles. The van der Waals surface area contributed by atoms with E-state index in [0.29, 0.717) is 35.5 Å². The summed E-state index contributed by atoms with van der Waals surface area (Å²) < 4.78 is 1.54. The minimum absolute atomic E-state index is 0.128. The van der Waals surface area contributed by atoms with Gasteiger partial charge in [-0.3, -0.25) is 9.48 Å². The minimum Gasteiger partial charge on any atom is -0.383 e. The van der Waals surface area contributed by atoms with Gasteiger partial charge < -0.3 is 11.1 Å². The summed E-state index contributed by atoms with van der Waals surface area (Å²) in [4.78, 5) is 12.2. The number of carbonyl (C=O) groups excluding carboxylic acids is 1. The van der Waals surface area contributed by atoms with Crippen molar-refractivity contribution in [2.45, 2.75) is 19.3 Å². The molecule has 0 radical (unpaired) electrons. The lowest BCUT2D eigenvalue weighted by atomic mass is 10.1. The number of aromatic nitrogens is 2. The van der Waals surface area contributed by atoms with E-state index < -0.39 is 0 Å². The van der Waals surface area contributed by atoms with E-state index in [9.17, 15) is 4.79 Å². The van der Waals surface area contributed by atoms with Crippen LogP contribution in [0.15, 0.2) is 30.3 Å². The first-order valence-electron chi connectivity index (χ1n) is 7.20. The second-order valence-corrected chi connectivity index (χ2v) is 5.69. The summed E-state index contributed by atoms with van der Waals surface area (Å²) in [5.41, 5.74) is 8.40. The molecule has 1 fully saturated rings. The minimum atomic E-state index is -0.128. The zero-order chi connectivity index (χ0) is 15.0. The molecule has 5 heteroatoms. The molecule has 0 bridgehead atoms. The Morgan fingerprint density at radius 2 is 2.14 bits per heavy atom. The number of carbonyl (C=O) groups is 1. The normalized spacial score (nSPS) is 20.3. The van der Waals surface area contributed by atoms with Gasteiger partial charge in [-0.1, -0.05) is 30.3 Å². The van der Waals surface area contributed by atoms with Gasteiger partial charge in [0.05, 0.1) is 5.69 Å². The molecule has 1 heterocycles. The molecule has 21 heavy (non-hydrogen) atoms. The first kappa shape index (κ1) is 13.7. The highest BCUT2D eigenvalue weighted by Crippen LogP contribution is 2.46. The molecule has 2 aromatic rings. The van der Waals surface area contributed by atoms with E-state index in [0.717, 1.165) is 6.42 Å². The van der Waals surface area contributed by atoms with Crippen molar-refractivity contribution in [2.24, 2.45) is 13.0 Å². The fourth-order valence-electron chi connectivity index (χ4n) is 2.85. The summed E-state index contributed by atoms with van der Waals surface area (Å²) in [6.45, 7) is 2.49. The molecule has 3 rings (SSSR count). The van der Waals surface area contributed by atoms with Crippen LogP contribution in [0.5, 0.6) is 0 Å². The van der Waals surface area contributed by atoms with E-state index in [2.05, 4.69) is 34.7 Å². The number of nitrogens with two attached hydrogens (primary N) is 1. The van der Waals surface area contributed by atoms with E-state index >= 15 is 0 Å². The van der Waals surface area contributed by atoms with Gasteiger partial charge >= 0.3 is 0 Å². The molecule has 5 nitrogen and oxygen atoms in total. The molecule has 1 aromatic carbocycles. The van der Waals surface area contributed by atoms with Crippen LogP contribution in [0.25, 0.3) is 0 Å². The fraction of sp³-hybridized carbons (Fsp3) is 0.375. The van der Waals surface area contributed by atoms with Gasteiger partial charge in [0.2, 0.25) is 0 Å². The van der Waals surface area contributed by atoms with Crippen molar-refractivity contribution >= 4 is 11.7 Å². The van der Waals surface area contributed by atoms with Gasteiger partial charge in [-0.05, 0) is 30.7 Å². The number of nitrogens with zero attached hydrogens (tertiary/aromatic N) is 2. The van der Waals surface area contributed by atoms with Crippen molar-refractivity contribution in [3.8, 4) is 0 Å². The highest BCUT2D eigenvalue weighted by molar-refractivity contribution is 5.99. The number of amides is 1. The zero-order valence-electron chi connectivity index (χ0n) is 12.3. The molecule has 110 valence electrons. The molecular formula is C16H20N4O. The van der Waals surface area contributed by atoms with E-state index in [1.54, 1.807) is 14.0 Å². The number of aryl methyl sites for hydroxylation is 2. The number of hydrogen-bond donors (Lipinski definition) is 2. The van der Waals surface area contributed by atoms with Crippen LogP contribution in [0.3, 0.4) is 0 Å². The monoisotopic (exact) mass is 284 g/mol. The fourth-order valence-corrected chi connectivity index (χ4v) is 2.85. The lowest BCUT2D eigenvalue weighted by molar-refractivity contribution is 0.0952. The van der Waals surface area contributed by atoms with Crippen molar-refractivity contribution < 1.29 is 4.79 Å². The topological polar surface area (TPSA) is 72.9 Å². The average molecular weight is 284 g/mol. The Labute approximate surface area is 124 Å². The van der Waals surface area contributed by atoms with Crippen LogP contribution in [0, 0.1) is 12.8 Å². The maximum atomic E-state index is 12.2. The van der Waals surface area contributed by atoms with Gasteiger partial charge in [-0.2, -0.15) is 5.10 Å². The van der Waals surface area contributed by atoms with Crippen molar-refractivity contribution in [1.82, 2.24) is 15.1 Å². The highest BCUT2D eigenvalue weighted by Gasteiger charge is 2.38. The van der Waals surface area contributed by atoms with Crippen LogP contribution in [0.1, 0.15) is 34.0 Å². The molecule has 1 aliphatic carbocycles. The Balaban J connectivity index is 1.58. The first-order chi connectivity index (χ1) is 10.1. The molecule has 0 saturated heterocycles. The van der Waals surface area contributed by atoms with Crippen LogP contribution in [-0.4, -0.2) is 22.2 Å². The predicted molar refractivity (Wildman–Crippen MR) is 82.0 cm³/mol. The second kappa shape index (κ2) is 5.24. The Morgan fingerprint density at radius 1 is 1.43 bits per heavy atom. The predicted octanol–water partition coefficient (Wildman–Crippen LogP) is 1.84. The number of hydrogen-bond acceptors (Lipinski definition) is 3. The molecule has 1 amide bonds. The third kappa shape index (κ3) is 2.63. The van der Waals surface area contributed by atoms with Crippen molar-refractivity contribution in [3.63, 3.8) is 0 Å². The van der Waals surface area contributed by atoms with Gasteiger partial charge in [0.1, 0.15) is 11.4 Å². The van der Waals surface area contributed by atoms with Gasteiger partial charge in [0.25, 0.3) is 5.91 Å². The molecular weight excluding hydrogens is 264 g/mol. The SMILES string of the molecule is Cc1nn(C)c(N)c1C(=O)NC[C@@H]1C[C@H]1c1ccccc1. The Kier molecular flexibility index (Phi) is 3.41. The molecule has 1 saturated carbocycles. The standard InChI is InChI=1S/C16H20N4O/c1-10-14(15(17)20(2)19-10)16(21)18-9-12-8-13(12)11-6-4-3-5-7-11/h3-7,12-13H,8-9,17H2,1-2H3,(H,18,21)/t12-,13-/m0/s1. The second-order valence-electron chi connectivity index (χ2n) is 5.69. The summed E-state index contributed by atoms with van der Waals surface area (Å²) >= 11 is 0. The maximum Gasteiger partial charge on any atom is 0.256 e. The number of nitrogens with one attached hydrogen (secondary N) is 1. The van der Waals surface area contributed by atoms with Crippen molar-refractivity contribution in [2.75, 3.05) is 12.3 Å². The van der Waals surface area contributed by atoms with Gasteiger partial charge in [-0.25, -0.2) is 0 Å². The molecule has 2 atom stereocenters. The van der Waals surface area contributed by atoms with E-state index in [-0.39, 0.29) is 5.91 Å². The largest absolute Gasteiger partial charge is 0.383 e. The maximum absolute atomic E-state index is 12.2. The highest BCUT2D eigenvalue weighted by atomic mass is 16.1. The summed E-state index contributed by atoms with van der Waals surface area (Å²) in [6.07, 6.45) is 1.13. The lowest BCUT2D eigenvalue weighted by Gasteiger charge is -2.05. The van der Waals surface area contributed by atoms with Crippen LogP contribution in [0.4, 0.5) is 5.82 Å². The Hall–Kier alpha value is -2.30. The van der Waals surface area contributed by atoms with Crippen LogP contribution in [0.2, 0.25) is 0 Å². The summed E-state index contributed by atoms with van der Waals surface area (Å²) in [7, 11) is 1.74. The smallest absolute Gasteiger partial charge is 0.256 e.